The lowest BCUT2D eigenvalue weighted by Crippen LogP contribution is -2.39. The summed E-state index contributed by atoms with van der Waals surface area (Å²) >= 11 is 0. The van der Waals surface area contributed by atoms with E-state index in [2.05, 4.69) is 21.4 Å². The van der Waals surface area contributed by atoms with Crippen molar-refractivity contribution in [2.45, 2.75) is 56.9 Å². The second-order valence-electron chi connectivity index (χ2n) is 10.9. The van der Waals surface area contributed by atoms with Crippen LogP contribution in [0.4, 0.5) is 0 Å². The van der Waals surface area contributed by atoms with E-state index in [1.807, 2.05) is 18.2 Å². The number of fused-ring (bicyclic) bond motifs is 7. The molecule has 1 aromatic heterocycles. The number of benzene rings is 2. The Hall–Kier alpha value is -3.17. The van der Waals surface area contributed by atoms with Crippen LogP contribution in [0.1, 0.15) is 71.8 Å². The predicted molar refractivity (Wildman–Crippen MR) is 141 cm³/mol. The monoisotopic (exact) mass is 521 g/mol. The van der Waals surface area contributed by atoms with Crippen LogP contribution in [0.3, 0.4) is 0 Å². The summed E-state index contributed by atoms with van der Waals surface area (Å²) in [6.45, 7) is 0.321. The van der Waals surface area contributed by atoms with Crippen molar-refractivity contribution in [3.05, 3.63) is 59.2 Å². The average Bonchev–Trinajstić information content (AvgIpc) is 3.55. The van der Waals surface area contributed by atoms with Gasteiger partial charge in [-0.3, -0.25) is 9.59 Å². The van der Waals surface area contributed by atoms with Gasteiger partial charge in [-0.2, -0.15) is 12.7 Å². The summed E-state index contributed by atoms with van der Waals surface area (Å²) in [6, 6.07) is 13.5. The quantitative estimate of drug-likeness (QED) is 0.515. The third-order valence-corrected chi connectivity index (χ3v) is 10.0. The molecule has 1 amide bonds. The van der Waals surface area contributed by atoms with Crippen molar-refractivity contribution >= 4 is 33.0 Å². The van der Waals surface area contributed by atoms with Crippen molar-refractivity contribution in [1.29, 1.82) is 0 Å². The second-order valence-corrected chi connectivity index (χ2v) is 12.8. The zero-order chi connectivity index (χ0) is 26.1. The summed E-state index contributed by atoms with van der Waals surface area (Å²) < 4.78 is 29.8. The number of aliphatic carboxylic acids is 1. The van der Waals surface area contributed by atoms with Gasteiger partial charge in [0.15, 0.2) is 0 Å². The van der Waals surface area contributed by atoms with E-state index < -0.39 is 27.5 Å². The summed E-state index contributed by atoms with van der Waals surface area (Å²) in [5.74, 6) is -1.21. The van der Waals surface area contributed by atoms with Gasteiger partial charge in [-0.25, -0.2) is 4.72 Å². The number of amides is 1. The van der Waals surface area contributed by atoms with Crippen molar-refractivity contribution in [3.63, 3.8) is 0 Å². The van der Waals surface area contributed by atoms with Crippen molar-refractivity contribution < 1.29 is 23.1 Å². The molecule has 2 fully saturated rings. The van der Waals surface area contributed by atoms with Gasteiger partial charge in [0.05, 0.1) is 11.1 Å². The zero-order valence-corrected chi connectivity index (χ0v) is 21.8. The van der Waals surface area contributed by atoms with Crippen LogP contribution in [0.2, 0.25) is 0 Å². The summed E-state index contributed by atoms with van der Waals surface area (Å²) in [6.07, 6.45) is 6.26. The van der Waals surface area contributed by atoms with Gasteiger partial charge in [-0.05, 0) is 48.4 Å². The van der Waals surface area contributed by atoms with Crippen molar-refractivity contribution in [2.24, 2.45) is 5.41 Å². The van der Waals surface area contributed by atoms with Crippen molar-refractivity contribution in [3.8, 4) is 11.3 Å². The van der Waals surface area contributed by atoms with Gasteiger partial charge >= 0.3 is 16.2 Å². The third-order valence-electron chi connectivity index (χ3n) is 8.61. The molecule has 2 heterocycles. The van der Waals surface area contributed by atoms with E-state index in [0.717, 1.165) is 57.7 Å². The number of hydrogen-bond acceptors (Lipinski definition) is 4. The van der Waals surface area contributed by atoms with Gasteiger partial charge in [-0.15, -0.1) is 0 Å². The Morgan fingerprint density at radius 1 is 1.08 bits per heavy atom. The molecule has 0 radical (unpaired) electrons. The van der Waals surface area contributed by atoms with Gasteiger partial charge in [0.1, 0.15) is 0 Å². The lowest BCUT2D eigenvalue weighted by molar-refractivity contribution is -0.144. The zero-order valence-electron chi connectivity index (χ0n) is 21.0. The lowest BCUT2D eigenvalue weighted by atomic mass is 9.81. The topological polar surface area (TPSA) is 109 Å². The average molecular weight is 522 g/mol. The van der Waals surface area contributed by atoms with Crippen LogP contribution in [0.5, 0.6) is 0 Å². The van der Waals surface area contributed by atoms with Crippen LogP contribution >= 0.6 is 0 Å². The smallest absolute Gasteiger partial charge is 0.312 e. The van der Waals surface area contributed by atoms with Gasteiger partial charge < -0.3 is 9.67 Å². The highest BCUT2D eigenvalue weighted by molar-refractivity contribution is 7.87. The number of aromatic nitrogens is 1. The Balaban J connectivity index is 1.59. The molecule has 2 aromatic carbocycles. The lowest BCUT2D eigenvalue weighted by Gasteiger charge is -2.24. The van der Waals surface area contributed by atoms with Gasteiger partial charge in [0.2, 0.25) is 0 Å². The maximum absolute atomic E-state index is 13.0. The number of hydrogen-bond donors (Lipinski definition) is 2. The molecule has 37 heavy (non-hydrogen) atoms. The van der Waals surface area contributed by atoms with Crippen LogP contribution in [0.15, 0.2) is 42.5 Å². The summed E-state index contributed by atoms with van der Waals surface area (Å²) in [5, 5.41) is 11.3. The predicted octanol–water partition coefficient (Wildman–Crippen LogP) is 4.46. The van der Waals surface area contributed by atoms with Crippen LogP contribution in [0.25, 0.3) is 22.2 Å². The Kier molecular flexibility index (Phi) is 5.51. The number of nitrogens with one attached hydrogen (secondary N) is 1. The number of nitrogens with zero attached hydrogens (tertiary/aromatic N) is 2. The largest absolute Gasteiger partial charge is 0.481 e. The summed E-state index contributed by atoms with van der Waals surface area (Å²) in [5.41, 5.74) is 4.57. The Morgan fingerprint density at radius 3 is 2.51 bits per heavy atom. The first kappa shape index (κ1) is 24.2. The first-order chi connectivity index (χ1) is 17.6. The van der Waals surface area contributed by atoms with Crippen LogP contribution < -0.4 is 4.72 Å². The van der Waals surface area contributed by atoms with Crippen molar-refractivity contribution in [1.82, 2.24) is 13.6 Å². The van der Waals surface area contributed by atoms with E-state index in [9.17, 15) is 23.1 Å². The minimum atomic E-state index is -3.95. The summed E-state index contributed by atoms with van der Waals surface area (Å²) in [7, 11) is -1.23. The highest BCUT2D eigenvalue weighted by atomic mass is 32.2. The molecule has 2 aliphatic carbocycles. The van der Waals surface area contributed by atoms with E-state index in [0.29, 0.717) is 18.9 Å². The highest BCUT2D eigenvalue weighted by Crippen LogP contribution is 2.65. The molecular weight excluding hydrogens is 490 g/mol. The van der Waals surface area contributed by atoms with E-state index in [1.165, 1.54) is 26.1 Å². The molecule has 2 saturated carbocycles. The standard InChI is InChI=1S/C28H31N3O5S/c1-30(2)37(35,36)29-26(32)18-12-13-21-23(14-18)31-16-28(27(33)34)15-22(28)19-10-6-7-11-20(19)25(31)24(21)17-8-4-3-5-9-17/h6-7,10-14,17,22H,3-5,8-9,15-16H2,1-2H3,(H,29,32)(H,33,34). The molecule has 2 atom stereocenters. The number of carboxylic acids is 1. The first-order valence-corrected chi connectivity index (χ1v) is 14.3. The Labute approximate surface area is 216 Å². The third kappa shape index (κ3) is 3.70. The second kappa shape index (κ2) is 8.43. The molecule has 0 saturated heterocycles. The fraction of sp³-hybridized carbons (Fsp3) is 0.429. The molecule has 194 valence electrons. The molecule has 3 aromatic rings. The van der Waals surface area contributed by atoms with Gasteiger partial charge in [0.25, 0.3) is 5.91 Å². The SMILES string of the molecule is CN(C)S(=O)(=O)NC(=O)c1ccc2c(C3CCCCC3)c3n(c2c1)CC1(C(=O)O)CC1c1ccccc1-3. The molecule has 0 bridgehead atoms. The molecule has 9 heteroatoms. The fourth-order valence-electron chi connectivity index (χ4n) is 6.53. The molecule has 1 aliphatic heterocycles. The molecule has 0 spiro atoms. The normalized spacial score (nSPS) is 23.2. The minimum Gasteiger partial charge on any atom is -0.481 e. The van der Waals surface area contributed by atoms with Crippen LogP contribution in [-0.2, 0) is 21.5 Å². The van der Waals surface area contributed by atoms with Gasteiger partial charge in [0, 0.05) is 48.6 Å². The number of carbonyl (C=O) groups excluding carboxylic acids is 1. The highest BCUT2D eigenvalue weighted by Gasteiger charge is 2.63. The molecule has 2 unspecified atom stereocenters. The molecule has 6 rings (SSSR count). The molecular formula is C28H31N3O5S. The van der Waals surface area contributed by atoms with Gasteiger partial charge in [-0.1, -0.05) is 49.6 Å². The Morgan fingerprint density at radius 2 is 1.81 bits per heavy atom. The van der Waals surface area contributed by atoms with E-state index in [-0.39, 0.29) is 11.5 Å². The molecule has 2 N–H and O–H groups in total. The van der Waals surface area contributed by atoms with Crippen LogP contribution in [-0.4, -0.2) is 48.4 Å². The van der Waals surface area contributed by atoms with E-state index in [1.54, 1.807) is 12.1 Å². The number of carbonyl (C=O) groups is 2. The number of carboxylic acid groups (broad SMARTS) is 1. The fourth-order valence-corrected chi connectivity index (χ4v) is 7.07. The summed E-state index contributed by atoms with van der Waals surface area (Å²) in [4.78, 5) is 25.6. The maximum atomic E-state index is 13.0. The first-order valence-electron chi connectivity index (χ1n) is 12.9. The maximum Gasteiger partial charge on any atom is 0.312 e. The molecule has 3 aliphatic rings. The molecule has 8 nitrogen and oxygen atoms in total. The minimum absolute atomic E-state index is 0.0490. The van der Waals surface area contributed by atoms with E-state index in [4.69, 9.17) is 0 Å². The van der Waals surface area contributed by atoms with Crippen molar-refractivity contribution in [2.75, 3.05) is 14.1 Å². The Bertz CT molecular complexity index is 1550. The van der Waals surface area contributed by atoms with Crippen LogP contribution in [0, 0.1) is 5.41 Å². The van der Waals surface area contributed by atoms with E-state index >= 15 is 0 Å². The number of rotatable bonds is 5.